The minimum atomic E-state index is -4.62. The van der Waals surface area contributed by atoms with Gasteiger partial charge in [-0.3, -0.25) is 4.98 Å². The van der Waals surface area contributed by atoms with Crippen molar-refractivity contribution in [3.8, 4) is 11.3 Å². The second kappa shape index (κ2) is 5.54. The monoisotopic (exact) mass is 322 g/mol. The van der Waals surface area contributed by atoms with Gasteiger partial charge in [0.2, 0.25) is 0 Å². The second-order valence-electron chi connectivity index (χ2n) is 4.76. The fourth-order valence-electron chi connectivity index (χ4n) is 2.18. The molecule has 0 saturated heterocycles. The molecule has 0 amide bonds. The van der Waals surface area contributed by atoms with E-state index in [2.05, 4.69) is 15.0 Å². The van der Waals surface area contributed by atoms with Crippen LogP contribution in [0.25, 0.3) is 22.3 Å². The second-order valence-corrected chi connectivity index (χ2v) is 4.76. The maximum absolute atomic E-state index is 14.2. The van der Waals surface area contributed by atoms with Crippen molar-refractivity contribution in [1.82, 2.24) is 15.0 Å². The van der Waals surface area contributed by atoms with Gasteiger partial charge in [0.15, 0.2) is 0 Å². The van der Waals surface area contributed by atoms with Crippen molar-refractivity contribution in [1.29, 1.82) is 0 Å². The Bertz CT molecular complexity index is 877. The van der Waals surface area contributed by atoms with Gasteiger partial charge < -0.3 is 5.73 Å². The van der Waals surface area contributed by atoms with E-state index < -0.39 is 17.6 Å². The molecule has 2 heterocycles. The van der Waals surface area contributed by atoms with Gasteiger partial charge >= 0.3 is 6.18 Å². The normalized spacial score (nSPS) is 11.9. The summed E-state index contributed by atoms with van der Waals surface area (Å²) in [4.78, 5) is 12.4. The third-order valence-corrected chi connectivity index (χ3v) is 3.24. The molecule has 1 aromatic carbocycles. The van der Waals surface area contributed by atoms with Crippen molar-refractivity contribution in [3.63, 3.8) is 0 Å². The molecule has 2 aromatic heterocycles. The third kappa shape index (κ3) is 2.85. The van der Waals surface area contributed by atoms with Crippen LogP contribution >= 0.6 is 0 Å². The Morgan fingerprint density at radius 3 is 2.52 bits per heavy atom. The first-order valence-corrected chi connectivity index (χ1v) is 6.59. The van der Waals surface area contributed by atoms with E-state index in [0.717, 1.165) is 12.1 Å². The summed E-state index contributed by atoms with van der Waals surface area (Å²) in [6, 6.07) is 5.57. The van der Waals surface area contributed by atoms with E-state index in [1.807, 2.05) is 0 Å². The molecule has 3 rings (SSSR count). The average molecular weight is 322 g/mol. The van der Waals surface area contributed by atoms with Crippen LogP contribution in [0.4, 0.5) is 17.6 Å². The number of nitrogens with zero attached hydrogens (tertiary/aromatic N) is 3. The molecule has 0 radical (unpaired) electrons. The van der Waals surface area contributed by atoms with Gasteiger partial charge in [-0.15, -0.1) is 0 Å². The number of halogens is 4. The molecule has 2 N–H and O–H groups in total. The molecule has 0 aliphatic heterocycles. The van der Waals surface area contributed by atoms with Gasteiger partial charge in [0.25, 0.3) is 0 Å². The maximum atomic E-state index is 14.2. The van der Waals surface area contributed by atoms with E-state index in [9.17, 15) is 17.6 Å². The molecule has 4 nitrogen and oxygen atoms in total. The lowest BCUT2D eigenvalue weighted by Gasteiger charge is -2.11. The third-order valence-electron chi connectivity index (χ3n) is 3.24. The lowest BCUT2D eigenvalue weighted by atomic mass is 10.1. The number of pyridine rings is 1. The van der Waals surface area contributed by atoms with E-state index >= 15 is 0 Å². The van der Waals surface area contributed by atoms with Crippen LogP contribution in [-0.4, -0.2) is 15.0 Å². The number of hydrogen-bond acceptors (Lipinski definition) is 4. The molecule has 23 heavy (non-hydrogen) atoms. The van der Waals surface area contributed by atoms with Crippen molar-refractivity contribution in [3.05, 3.63) is 53.7 Å². The summed E-state index contributed by atoms with van der Waals surface area (Å²) in [5.74, 6) is -0.784. The minimum absolute atomic E-state index is 0.0140. The Balaban J connectivity index is 2.24. The van der Waals surface area contributed by atoms with Gasteiger partial charge in [-0.2, -0.15) is 13.2 Å². The average Bonchev–Trinajstić information content (AvgIpc) is 2.53. The molecular weight excluding hydrogens is 312 g/mol. The lowest BCUT2D eigenvalue weighted by molar-refractivity contribution is -0.137. The van der Waals surface area contributed by atoms with Crippen LogP contribution in [0.15, 0.2) is 36.5 Å². The Kier molecular flexibility index (Phi) is 3.69. The number of aromatic nitrogens is 3. The Morgan fingerprint density at radius 2 is 1.87 bits per heavy atom. The maximum Gasteiger partial charge on any atom is 0.416 e. The highest BCUT2D eigenvalue weighted by Gasteiger charge is 2.31. The fraction of sp³-hybridized carbons (Fsp3) is 0.133. The largest absolute Gasteiger partial charge is 0.416 e. The van der Waals surface area contributed by atoms with Crippen LogP contribution in [0.3, 0.4) is 0 Å². The van der Waals surface area contributed by atoms with Crippen LogP contribution in [0.2, 0.25) is 0 Å². The Labute approximate surface area is 128 Å². The highest BCUT2D eigenvalue weighted by atomic mass is 19.4. The van der Waals surface area contributed by atoms with E-state index in [1.165, 1.54) is 6.20 Å². The molecule has 0 fully saturated rings. The van der Waals surface area contributed by atoms with E-state index in [1.54, 1.807) is 12.1 Å². The first-order chi connectivity index (χ1) is 10.9. The molecule has 8 heteroatoms. The van der Waals surface area contributed by atoms with Crippen molar-refractivity contribution >= 4 is 11.0 Å². The Morgan fingerprint density at radius 1 is 1.09 bits per heavy atom. The zero-order chi connectivity index (χ0) is 16.6. The van der Waals surface area contributed by atoms with Crippen LogP contribution in [0.5, 0.6) is 0 Å². The first kappa shape index (κ1) is 15.3. The first-order valence-electron chi connectivity index (χ1n) is 6.59. The number of benzene rings is 1. The summed E-state index contributed by atoms with van der Waals surface area (Å²) in [5, 5.41) is 0. The number of nitrogens with two attached hydrogens (primary N) is 1. The SMILES string of the molecule is NCc1nc(-c2ccc(C(F)(F)F)cc2F)c2ncccc2n1. The molecular formula is C15H10F4N4. The lowest BCUT2D eigenvalue weighted by Crippen LogP contribution is -2.07. The van der Waals surface area contributed by atoms with Crippen molar-refractivity contribution in [2.45, 2.75) is 12.7 Å². The number of rotatable bonds is 2. The quantitative estimate of drug-likeness (QED) is 0.735. The highest BCUT2D eigenvalue weighted by Crippen LogP contribution is 2.33. The van der Waals surface area contributed by atoms with Crippen molar-refractivity contribution < 1.29 is 17.6 Å². The molecule has 118 valence electrons. The fourth-order valence-corrected chi connectivity index (χ4v) is 2.18. The molecule has 0 aliphatic rings. The van der Waals surface area contributed by atoms with Gasteiger partial charge in [0.1, 0.15) is 22.9 Å². The van der Waals surface area contributed by atoms with Crippen molar-refractivity contribution in [2.75, 3.05) is 0 Å². The topological polar surface area (TPSA) is 64.7 Å². The number of hydrogen-bond donors (Lipinski definition) is 1. The molecule has 0 saturated carbocycles. The molecule has 0 unspecified atom stereocenters. The van der Waals surface area contributed by atoms with Gasteiger partial charge in [0.05, 0.1) is 17.6 Å². The van der Waals surface area contributed by atoms with Crippen LogP contribution < -0.4 is 5.73 Å². The summed E-state index contributed by atoms with van der Waals surface area (Å²) in [6.45, 7) is 0.0140. The zero-order valence-electron chi connectivity index (χ0n) is 11.6. The number of fused-ring (bicyclic) bond motifs is 1. The summed E-state index contributed by atoms with van der Waals surface area (Å²) < 4.78 is 52.2. The minimum Gasteiger partial charge on any atom is -0.324 e. The molecule has 3 aromatic rings. The standard InChI is InChI=1S/C15H10F4N4/c16-10-6-8(15(17,18)19)3-4-9(10)13-14-11(2-1-5-21-14)22-12(7-20)23-13/h1-6H,7,20H2. The summed E-state index contributed by atoms with van der Waals surface area (Å²) in [5.41, 5.74) is 5.22. The summed E-state index contributed by atoms with van der Waals surface area (Å²) in [6.07, 6.45) is -3.15. The predicted octanol–water partition coefficient (Wildman–Crippen LogP) is 3.31. The van der Waals surface area contributed by atoms with Crippen LogP contribution in [-0.2, 0) is 12.7 Å². The summed E-state index contributed by atoms with van der Waals surface area (Å²) in [7, 11) is 0. The molecule has 0 spiro atoms. The predicted molar refractivity (Wildman–Crippen MR) is 75.6 cm³/mol. The van der Waals surface area contributed by atoms with E-state index in [0.29, 0.717) is 17.1 Å². The zero-order valence-corrected chi connectivity index (χ0v) is 11.6. The summed E-state index contributed by atoms with van der Waals surface area (Å²) >= 11 is 0. The van der Waals surface area contributed by atoms with Crippen LogP contribution in [0, 0.1) is 5.82 Å². The Hall–Kier alpha value is -2.61. The van der Waals surface area contributed by atoms with Crippen LogP contribution in [0.1, 0.15) is 11.4 Å². The molecule has 0 bridgehead atoms. The molecule has 0 atom stereocenters. The number of alkyl halides is 3. The highest BCUT2D eigenvalue weighted by molar-refractivity contribution is 5.88. The van der Waals surface area contributed by atoms with Crippen molar-refractivity contribution in [2.24, 2.45) is 5.73 Å². The van der Waals surface area contributed by atoms with E-state index in [-0.39, 0.29) is 23.6 Å². The molecule has 0 aliphatic carbocycles. The van der Waals surface area contributed by atoms with Gasteiger partial charge in [-0.05, 0) is 30.3 Å². The van der Waals surface area contributed by atoms with Gasteiger partial charge in [0, 0.05) is 11.8 Å². The van der Waals surface area contributed by atoms with Gasteiger partial charge in [-0.1, -0.05) is 0 Å². The van der Waals surface area contributed by atoms with E-state index in [4.69, 9.17) is 5.73 Å². The van der Waals surface area contributed by atoms with Gasteiger partial charge in [-0.25, -0.2) is 14.4 Å². The smallest absolute Gasteiger partial charge is 0.324 e.